The monoisotopic (exact) mass is 443 g/mol. The number of para-hydroxylation sites is 1. The van der Waals surface area contributed by atoms with E-state index >= 15 is 0 Å². The Bertz CT molecular complexity index is 814. The minimum absolute atomic E-state index is 0.608. The van der Waals surface area contributed by atoms with Crippen molar-refractivity contribution in [2.45, 2.75) is 53.1 Å². The molecule has 170 valence electrons. The van der Waals surface area contributed by atoms with Crippen LogP contribution in [0.25, 0.3) is 0 Å². The molecule has 1 fully saturated rings. The van der Waals surface area contributed by atoms with Gasteiger partial charge >= 0.3 is 0 Å². The van der Waals surface area contributed by atoms with Crippen molar-refractivity contribution in [2.24, 2.45) is 10.9 Å². The summed E-state index contributed by atoms with van der Waals surface area (Å²) in [5, 5.41) is 10.4. The van der Waals surface area contributed by atoms with E-state index in [1.807, 2.05) is 25.1 Å². The molecule has 0 bridgehead atoms. The zero-order valence-electron chi connectivity index (χ0n) is 19.2. The van der Waals surface area contributed by atoms with Crippen LogP contribution in [0.3, 0.4) is 0 Å². The molecule has 0 amide bonds. The summed E-state index contributed by atoms with van der Waals surface area (Å²) in [6, 6.07) is 8.14. The summed E-state index contributed by atoms with van der Waals surface area (Å²) < 4.78 is 5.73. The molecule has 0 radical (unpaired) electrons. The van der Waals surface area contributed by atoms with Gasteiger partial charge in [-0.3, -0.25) is 4.90 Å². The average molecular weight is 444 g/mol. The molecular formula is C24H37N5OS. The molecule has 6 nitrogen and oxygen atoms in total. The van der Waals surface area contributed by atoms with Crippen LogP contribution in [-0.4, -0.2) is 48.6 Å². The Morgan fingerprint density at radius 2 is 2.00 bits per heavy atom. The van der Waals surface area contributed by atoms with Gasteiger partial charge in [0.05, 0.1) is 23.9 Å². The van der Waals surface area contributed by atoms with Gasteiger partial charge in [0.2, 0.25) is 0 Å². The van der Waals surface area contributed by atoms with Gasteiger partial charge in [-0.1, -0.05) is 25.1 Å². The van der Waals surface area contributed by atoms with Gasteiger partial charge in [-0.15, -0.1) is 11.3 Å². The minimum Gasteiger partial charge on any atom is -0.494 e. The molecule has 1 aromatic carbocycles. The van der Waals surface area contributed by atoms with Gasteiger partial charge in [-0.05, 0) is 58.2 Å². The fourth-order valence-corrected chi connectivity index (χ4v) is 4.58. The number of nitrogens with one attached hydrogen (secondary N) is 2. The van der Waals surface area contributed by atoms with Crippen molar-refractivity contribution in [3.63, 3.8) is 0 Å². The third-order valence-electron chi connectivity index (χ3n) is 5.58. The Labute approximate surface area is 191 Å². The quantitative estimate of drug-likeness (QED) is 0.428. The standard InChI is InChI=1S/C24H37N5OS/c1-4-23-28-21(18-31-23)17-29-13-11-19(12-14-29)15-26-24(25-5-2)27-16-20-9-7-8-10-22(20)30-6-3/h7-10,18-19H,4-6,11-17H2,1-3H3,(H2,25,26,27). The van der Waals surface area contributed by atoms with Gasteiger partial charge < -0.3 is 15.4 Å². The maximum atomic E-state index is 5.73. The molecule has 0 aliphatic carbocycles. The van der Waals surface area contributed by atoms with E-state index < -0.39 is 0 Å². The molecule has 7 heteroatoms. The number of piperidine rings is 1. The number of hydrogen-bond acceptors (Lipinski definition) is 5. The summed E-state index contributed by atoms with van der Waals surface area (Å²) in [6.07, 6.45) is 3.46. The SMILES string of the molecule is CCNC(=NCc1ccccc1OCC)NCC1CCN(Cc2csc(CC)n2)CC1. The van der Waals surface area contributed by atoms with E-state index in [2.05, 4.69) is 40.8 Å². The Morgan fingerprint density at radius 3 is 2.71 bits per heavy atom. The summed E-state index contributed by atoms with van der Waals surface area (Å²) in [6.45, 7) is 12.6. The number of benzene rings is 1. The fraction of sp³-hybridized carbons (Fsp3) is 0.583. The van der Waals surface area contributed by atoms with Crippen LogP contribution in [0, 0.1) is 5.92 Å². The second-order valence-electron chi connectivity index (χ2n) is 7.92. The number of likely N-dealkylation sites (tertiary alicyclic amines) is 1. The summed E-state index contributed by atoms with van der Waals surface area (Å²) in [7, 11) is 0. The number of rotatable bonds is 10. The molecule has 1 aliphatic heterocycles. The lowest BCUT2D eigenvalue weighted by Crippen LogP contribution is -2.42. The van der Waals surface area contributed by atoms with Crippen molar-refractivity contribution in [3.05, 3.63) is 45.9 Å². The second-order valence-corrected chi connectivity index (χ2v) is 8.87. The lowest BCUT2D eigenvalue weighted by molar-refractivity contribution is 0.176. The predicted octanol–water partition coefficient (Wildman–Crippen LogP) is 4.07. The molecule has 1 aromatic heterocycles. The summed E-state index contributed by atoms with van der Waals surface area (Å²) in [5.74, 6) is 2.48. The maximum Gasteiger partial charge on any atom is 0.191 e. The van der Waals surface area contributed by atoms with E-state index in [-0.39, 0.29) is 0 Å². The normalized spacial score (nSPS) is 15.8. The first kappa shape index (κ1) is 23.5. The van der Waals surface area contributed by atoms with E-state index in [1.54, 1.807) is 11.3 Å². The highest BCUT2D eigenvalue weighted by molar-refractivity contribution is 7.09. The van der Waals surface area contributed by atoms with Crippen molar-refractivity contribution in [1.29, 1.82) is 0 Å². The molecule has 0 saturated carbocycles. The maximum absolute atomic E-state index is 5.73. The van der Waals surface area contributed by atoms with Gasteiger partial charge in [0.15, 0.2) is 5.96 Å². The molecule has 1 aliphatic rings. The van der Waals surface area contributed by atoms with Crippen LogP contribution in [0.1, 0.15) is 49.9 Å². The number of aryl methyl sites for hydroxylation is 1. The molecule has 3 rings (SSSR count). The zero-order chi connectivity index (χ0) is 21.9. The van der Waals surface area contributed by atoms with Crippen molar-refractivity contribution in [1.82, 2.24) is 20.5 Å². The first-order valence-corrected chi connectivity index (χ1v) is 12.5. The predicted molar refractivity (Wildman–Crippen MR) is 130 cm³/mol. The molecule has 2 N–H and O–H groups in total. The van der Waals surface area contributed by atoms with Gasteiger partial charge in [0, 0.05) is 30.6 Å². The molecule has 0 atom stereocenters. The molecule has 1 saturated heterocycles. The molecule has 2 heterocycles. The van der Waals surface area contributed by atoms with Crippen LogP contribution in [0.4, 0.5) is 0 Å². The van der Waals surface area contributed by atoms with Crippen LogP contribution in [0.15, 0.2) is 34.6 Å². The Morgan fingerprint density at radius 1 is 1.19 bits per heavy atom. The number of ether oxygens (including phenoxy) is 1. The van der Waals surface area contributed by atoms with Crippen molar-refractivity contribution >= 4 is 17.3 Å². The number of nitrogens with zero attached hydrogens (tertiary/aromatic N) is 3. The lowest BCUT2D eigenvalue weighted by Gasteiger charge is -2.31. The van der Waals surface area contributed by atoms with E-state index in [0.29, 0.717) is 19.1 Å². The number of aromatic nitrogens is 1. The topological polar surface area (TPSA) is 61.8 Å². The second kappa shape index (κ2) is 12.7. The third-order valence-corrected chi connectivity index (χ3v) is 6.62. The van der Waals surface area contributed by atoms with Crippen molar-refractivity contribution in [3.8, 4) is 5.75 Å². The van der Waals surface area contributed by atoms with E-state index in [4.69, 9.17) is 14.7 Å². The molecule has 0 spiro atoms. The Kier molecular flexibility index (Phi) is 9.62. The minimum atomic E-state index is 0.608. The average Bonchev–Trinajstić information content (AvgIpc) is 3.25. The van der Waals surface area contributed by atoms with Crippen LogP contribution in [-0.2, 0) is 19.5 Å². The molecular weight excluding hydrogens is 406 g/mol. The Hall–Kier alpha value is -2.12. The third kappa shape index (κ3) is 7.51. The highest BCUT2D eigenvalue weighted by atomic mass is 32.1. The van der Waals surface area contributed by atoms with Gasteiger partial charge in [-0.25, -0.2) is 9.98 Å². The van der Waals surface area contributed by atoms with Gasteiger partial charge in [0.25, 0.3) is 0 Å². The van der Waals surface area contributed by atoms with E-state index in [1.165, 1.54) is 23.5 Å². The summed E-state index contributed by atoms with van der Waals surface area (Å²) >= 11 is 1.79. The fourth-order valence-electron chi connectivity index (χ4n) is 3.84. The first-order chi connectivity index (χ1) is 15.2. The van der Waals surface area contributed by atoms with E-state index in [9.17, 15) is 0 Å². The highest BCUT2D eigenvalue weighted by Gasteiger charge is 2.20. The van der Waals surface area contributed by atoms with Gasteiger partial charge in [-0.2, -0.15) is 0 Å². The van der Waals surface area contributed by atoms with Gasteiger partial charge in [0.1, 0.15) is 5.75 Å². The van der Waals surface area contributed by atoms with Crippen molar-refractivity contribution in [2.75, 3.05) is 32.8 Å². The number of hydrogen-bond donors (Lipinski definition) is 2. The first-order valence-electron chi connectivity index (χ1n) is 11.6. The van der Waals surface area contributed by atoms with E-state index in [0.717, 1.165) is 56.4 Å². The largest absolute Gasteiger partial charge is 0.494 e. The van der Waals surface area contributed by atoms with Crippen molar-refractivity contribution < 1.29 is 4.74 Å². The smallest absolute Gasteiger partial charge is 0.191 e. The highest BCUT2D eigenvalue weighted by Crippen LogP contribution is 2.20. The van der Waals surface area contributed by atoms with Crippen LogP contribution >= 0.6 is 11.3 Å². The molecule has 2 aromatic rings. The molecule has 31 heavy (non-hydrogen) atoms. The zero-order valence-corrected chi connectivity index (χ0v) is 20.0. The van der Waals surface area contributed by atoms with Crippen LogP contribution in [0.5, 0.6) is 5.75 Å². The number of guanidine groups is 1. The number of aliphatic imine (C=N–C) groups is 1. The van der Waals surface area contributed by atoms with Crippen LogP contribution in [0.2, 0.25) is 0 Å². The van der Waals surface area contributed by atoms with Crippen LogP contribution < -0.4 is 15.4 Å². The Balaban J connectivity index is 1.45. The number of thiazole rings is 1. The lowest BCUT2D eigenvalue weighted by atomic mass is 9.97. The summed E-state index contributed by atoms with van der Waals surface area (Å²) in [4.78, 5) is 12.0. The molecule has 0 unspecified atom stereocenters. The summed E-state index contributed by atoms with van der Waals surface area (Å²) in [5.41, 5.74) is 2.34.